The maximum Gasteiger partial charge on any atom is 0.215 e. The van der Waals surface area contributed by atoms with Crippen molar-refractivity contribution in [2.75, 3.05) is 80.5 Å². The summed E-state index contributed by atoms with van der Waals surface area (Å²) in [4.78, 5) is 75.2. The molecule has 0 amide bonds. The van der Waals surface area contributed by atoms with Crippen LogP contribution in [-0.2, 0) is 75.8 Å². The smallest absolute Gasteiger partial charge is 0.215 e. The summed E-state index contributed by atoms with van der Waals surface area (Å²) >= 11 is 1.29. The van der Waals surface area contributed by atoms with Crippen LogP contribution in [0.5, 0.6) is 0 Å². The SMILES string of the molecule is CC(C)C(=O)C(C)(C)[S+]1CCCC1.CCCCCCCCCCCC.CCCCCCCCCCCC[SH+]CC(=O)c1ccccc1.CCCCCCCC[S+](CCCCCCCC)CC(=O)c1ccccc1.CCCC[S+](CCCC)C(C(=O)c1ccc(C)cc1)C(C)(C)C.CCCC[S+](CCCC)CC(=O)c1ccccc1.O=C(C1CCCCC1)C1([S+]2CCCC2)CCCCC1. The van der Waals surface area contributed by atoms with Crippen LogP contribution < -0.4 is 0 Å². The highest BCUT2D eigenvalue weighted by Gasteiger charge is 2.56. The molecule has 2 saturated heterocycles. The summed E-state index contributed by atoms with van der Waals surface area (Å²) < 4.78 is 0.113. The highest BCUT2D eigenvalue weighted by Crippen LogP contribution is 2.45. The molecule has 6 nitrogen and oxygen atoms in total. The Morgan fingerprint density at radius 1 is 0.361 bits per heavy atom. The number of thiol groups is 1. The fourth-order valence-corrected chi connectivity index (χ4v) is 34.2. The molecule has 8 rings (SSSR count). The van der Waals surface area contributed by atoms with Crippen molar-refractivity contribution in [3.8, 4) is 0 Å². The third-order valence-corrected chi connectivity index (χ3v) is 42.9. The van der Waals surface area contributed by atoms with Gasteiger partial charge in [-0.05, 0) is 181 Å². The fourth-order valence-electron chi connectivity index (χ4n) is 18.8. The van der Waals surface area contributed by atoms with Crippen LogP contribution in [0.15, 0.2) is 115 Å². The van der Waals surface area contributed by atoms with Gasteiger partial charge < -0.3 is 0 Å². The van der Waals surface area contributed by atoms with Crippen molar-refractivity contribution in [1.82, 2.24) is 0 Å². The van der Waals surface area contributed by atoms with E-state index in [2.05, 4.69) is 116 Å². The largest absolute Gasteiger partial charge is 0.293 e. The van der Waals surface area contributed by atoms with Gasteiger partial charge in [-0.3, -0.25) is 28.8 Å². The minimum absolute atomic E-state index is 0.0204. The second-order valence-electron chi connectivity index (χ2n) is 41.2. The molecule has 4 fully saturated rings. The first-order valence-corrected chi connectivity index (χ1v) is 65.3. The van der Waals surface area contributed by atoms with Crippen LogP contribution in [0.2, 0.25) is 0 Å². The molecule has 0 aromatic heterocycles. The summed E-state index contributed by atoms with van der Waals surface area (Å²) in [7, 11) is 1.57. The average Bonchev–Trinajstić information content (AvgIpc) is 1.76. The van der Waals surface area contributed by atoms with E-state index < -0.39 is 0 Å². The maximum atomic E-state index is 13.3. The van der Waals surface area contributed by atoms with Crippen molar-refractivity contribution in [2.24, 2.45) is 17.3 Å². The second kappa shape index (κ2) is 82.6. The molecular weight excluding hydrogens is 1740 g/mol. The molecule has 0 bridgehead atoms. The first-order chi connectivity index (χ1) is 64.4. The number of carbonyl (C=O) groups excluding carboxylic acids is 6. The zero-order chi connectivity index (χ0) is 97.7. The number of unbranched alkanes of at least 4 members (excludes halogenated alkanes) is 32. The number of rotatable bonds is 64. The minimum Gasteiger partial charge on any atom is -0.293 e. The Labute approximate surface area is 843 Å². The van der Waals surface area contributed by atoms with Gasteiger partial charge in [-0.1, -0.05) is 436 Å². The summed E-state index contributed by atoms with van der Waals surface area (Å²) in [6.07, 6.45) is 72.6. The number of Topliss-reactive ketones (excluding diaryl/α,β-unsaturated/α-hetero) is 6. The van der Waals surface area contributed by atoms with Crippen molar-refractivity contribution >= 4 is 101 Å². The number of carbonyl (C=O) groups is 6. The summed E-state index contributed by atoms with van der Waals surface area (Å²) in [5, 5.41) is 0.142. The molecular formula is C121H210O6S6+6. The van der Waals surface area contributed by atoms with Gasteiger partial charge in [0.2, 0.25) is 23.1 Å². The summed E-state index contributed by atoms with van der Waals surface area (Å²) in [6, 6.07) is 37.4. The molecule has 0 radical (unpaired) electrons. The molecule has 12 heteroatoms. The molecule has 2 aliphatic carbocycles. The molecule has 0 N–H and O–H groups in total. The van der Waals surface area contributed by atoms with E-state index in [1.54, 1.807) is 0 Å². The van der Waals surface area contributed by atoms with E-state index in [-0.39, 0.29) is 53.7 Å². The van der Waals surface area contributed by atoms with Gasteiger partial charge in [0, 0.05) is 74.1 Å². The normalized spacial score (nSPS) is 14.8. The van der Waals surface area contributed by atoms with Crippen LogP contribution in [0.1, 0.15) is 504 Å². The van der Waals surface area contributed by atoms with E-state index in [0.29, 0.717) is 67.5 Å². The topological polar surface area (TPSA) is 102 Å². The Morgan fingerprint density at radius 2 is 0.684 bits per heavy atom. The van der Waals surface area contributed by atoms with E-state index in [1.165, 1.54) is 427 Å². The van der Waals surface area contributed by atoms with Gasteiger partial charge in [-0.25, -0.2) is 0 Å². The lowest BCUT2D eigenvalue weighted by molar-refractivity contribution is -0.127. The number of aryl methyl sites for hydroxylation is 1. The van der Waals surface area contributed by atoms with Gasteiger partial charge in [0.05, 0.1) is 0 Å². The lowest BCUT2D eigenvalue weighted by Crippen LogP contribution is -2.51. The van der Waals surface area contributed by atoms with E-state index >= 15 is 0 Å². The zero-order valence-electron chi connectivity index (χ0n) is 89.7. The molecule has 0 spiro atoms. The van der Waals surface area contributed by atoms with E-state index in [1.807, 2.05) is 117 Å². The molecule has 2 heterocycles. The van der Waals surface area contributed by atoms with Crippen LogP contribution in [0.4, 0.5) is 0 Å². The molecule has 2 aliphatic heterocycles. The Hall–Kier alpha value is -3.00. The molecule has 1 atom stereocenters. The van der Waals surface area contributed by atoms with Crippen LogP contribution in [0.25, 0.3) is 0 Å². The number of ketones is 6. The highest BCUT2D eigenvalue weighted by atomic mass is 32.2. The molecule has 760 valence electrons. The Kier molecular flexibility index (Phi) is 78.3. The van der Waals surface area contributed by atoms with Crippen molar-refractivity contribution in [3.63, 3.8) is 0 Å². The minimum atomic E-state index is -0.0509. The Balaban J connectivity index is 0.000000532. The molecule has 4 aromatic rings. The van der Waals surface area contributed by atoms with E-state index in [4.69, 9.17) is 0 Å². The lowest BCUT2D eigenvalue weighted by Gasteiger charge is -2.37. The van der Waals surface area contributed by atoms with Crippen LogP contribution >= 0.6 is 0 Å². The predicted octanol–water partition coefficient (Wildman–Crippen LogP) is 34.3. The second-order valence-corrected chi connectivity index (χ2v) is 54.8. The van der Waals surface area contributed by atoms with Gasteiger partial charge in [0.15, 0.2) is 43.6 Å². The molecule has 133 heavy (non-hydrogen) atoms. The van der Waals surface area contributed by atoms with E-state index in [9.17, 15) is 28.8 Å². The zero-order valence-corrected chi connectivity index (χ0v) is 94.7. The third-order valence-electron chi connectivity index (χ3n) is 27.2. The Bertz CT molecular complexity index is 3360. The standard InChI is InChI=1S/C24H41OS.C21H35OS.C20H32OS.C17H29OS.C16H25OS.C12H26.C11H21OS/c1-3-5-7-9-11-16-20-26(21-17-12-10-8-6-4-2)22-24(25)23-18-14-13-15-19-23;1-7-9-15-23(16-10-8-2)20(21(4,5)6)19(22)18-13-11-17(3)12-14-18;1-2-3-4-5-6-7-8-9-10-14-17-22-18-20(21)19-15-12-11-13-16-19;18-16(15-9-3-1-4-10-15)17(11-5-2-6-12-17)19-13-7-8-14-19;1-3-5-12-18(13-6-4-2)14-16(17)15-10-8-7-9-11-15;1-3-5-7-9-11-12-10-8-6-4-2;1-9(2)10(12)11(3,4)13-7-5-6-8-13/h13-15,18-19H,3-12,16-17,20-22H2,1-2H3;11-14,20H,7-10,15-16H2,1-6H3;11-13,15-16H,2-10,14,17-18H2,1H3;15H,1-14H2;7-11H,3-6,12-14H2,1-2H3;3-12H2,1-2H3;9H,5-8H2,1-4H3/q2*+1;;2*+1;;+1/p+1. The number of hydrogen-bond acceptors (Lipinski definition) is 6. The van der Waals surface area contributed by atoms with Crippen LogP contribution in [0, 0.1) is 24.2 Å². The van der Waals surface area contributed by atoms with Gasteiger partial charge in [0.1, 0.15) is 63.3 Å². The summed E-state index contributed by atoms with van der Waals surface area (Å²) in [5.74, 6) is 19.2. The van der Waals surface area contributed by atoms with Crippen molar-refractivity contribution < 1.29 is 28.8 Å². The monoisotopic (exact) mass is 1950 g/mol. The average molecular weight is 1950 g/mol. The number of hydrogen-bond donors (Lipinski definition) is 0. The molecule has 2 saturated carbocycles. The van der Waals surface area contributed by atoms with Gasteiger partial charge in [0.25, 0.3) is 0 Å². The first-order valence-electron chi connectivity index (χ1n) is 55.8. The summed E-state index contributed by atoms with van der Waals surface area (Å²) in [5.41, 5.74) is 4.76. The van der Waals surface area contributed by atoms with Crippen molar-refractivity contribution in [3.05, 3.63) is 143 Å². The van der Waals surface area contributed by atoms with Gasteiger partial charge in [-0.2, -0.15) is 0 Å². The third kappa shape index (κ3) is 58.9. The van der Waals surface area contributed by atoms with Gasteiger partial charge >= 0.3 is 0 Å². The molecule has 1 unspecified atom stereocenters. The van der Waals surface area contributed by atoms with Gasteiger partial charge in [-0.15, -0.1) is 0 Å². The highest BCUT2D eigenvalue weighted by molar-refractivity contribution is 7.99. The summed E-state index contributed by atoms with van der Waals surface area (Å²) in [6.45, 7) is 37.4. The Morgan fingerprint density at radius 3 is 1.05 bits per heavy atom. The first kappa shape index (κ1) is 126. The molecule has 4 aliphatic rings. The fraction of sp³-hybridized carbons (Fsp3) is 0.752. The quantitative estimate of drug-likeness (QED) is 0.0189. The molecule has 4 aromatic carbocycles. The van der Waals surface area contributed by atoms with Crippen molar-refractivity contribution in [1.29, 1.82) is 0 Å². The van der Waals surface area contributed by atoms with Crippen molar-refractivity contribution in [2.45, 2.75) is 479 Å². The van der Waals surface area contributed by atoms with Crippen LogP contribution in [-0.4, -0.2) is 130 Å². The maximum absolute atomic E-state index is 13.3. The lowest BCUT2D eigenvalue weighted by atomic mass is 9.76. The van der Waals surface area contributed by atoms with Crippen LogP contribution in [0.3, 0.4) is 0 Å². The number of benzene rings is 4. The van der Waals surface area contributed by atoms with E-state index in [0.717, 1.165) is 39.5 Å². The predicted molar refractivity (Wildman–Crippen MR) is 610 cm³/mol.